The van der Waals surface area contributed by atoms with Gasteiger partial charge in [0.15, 0.2) is 0 Å². The first kappa shape index (κ1) is 22.5. The van der Waals surface area contributed by atoms with Gasteiger partial charge in [0.2, 0.25) is 0 Å². The number of hydrogen-bond donors (Lipinski definition) is 0. The maximum Gasteiger partial charge on any atom is 0.0510 e. The molecule has 32 heavy (non-hydrogen) atoms. The first-order valence-electron chi connectivity index (χ1n) is 12.2. The molecule has 3 aromatic carbocycles. The maximum absolute atomic E-state index is 4.99. The summed E-state index contributed by atoms with van der Waals surface area (Å²) in [4.78, 5) is 4.99. The lowest BCUT2D eigenvalue weighted by atomic mass is 9.87. The van der Waals surface area contributed by atoms with E-state index in [1.165, 1.54) is 49.6 Å². The smallest absolute Gasteiger partial charge is 0.0510 e. The van der Waals surface area contributed by atoms with Crippen molar-refractivity contribution in [1.29, 1.82) is 0 Å². The van der Waals surface area contributed by atoms with Crippen LogP contribution in [0.4, 0.5) is 0 Å². The Morgan fingerprint density at radius 1 is 0.656 bits per heavy atom. The van der Waals surface area contributed by atoms with Gasteiger partial charge in [-0.15, -0.1) is 0 Å². The molecule has 1 unspecified atom stereocenters. The van der Waals surface area contributed by atoms with Gasteiger partial charge in [-0.05, 0) is 69.0 Å². The van der Waals surface area contributed by atoms with Crippen molar-refractivity contribution in [2.24, 2.45) is 0 Å². The molecule has 0 spiro atoms. The fourth-order valence-electron chi connectivity index (χ4n) is 4.82. The first-order chi connectivity index (χ1) is 15.2. The summed E-state index contributed by atoms with van der Waals surface area (Å²) in [6.45, 7) is 15.9. The van der Waals surface area contributed by atoms with E-state index in [4.69, 9.17) is 4.98 Å². The van der Waals surface area contributed by atoms with E-state index in [0.29, 0.717) is 23.7 Å². The summed E-state index contributed by atoms with van der Waals surface area (Å²) in [6, 6.07) is 22.9. The zero-order valence-corrected chi connectivity index (χ0v) is 20.7. The van der Waals surface area contributed by atoms with Gasteiger partial charge in [-0.3, -0.25) is 4.98 Å². The molecule has 166 valence electrons. The van der Waals surface area contributed by atoms with Crippen LogP contribution in [0, 0.1) is 0 Å². The second kappa shape index (κ2) is 9.06. The van der Waals surface area contributed by atoms with Crippen LogP contribution in [0.15, 0.2) is 60.7 Å². The molecule has 1 aromatic heterocycles. The van der Waals surface area contributed by atoms with Gasteiger partial charge in [0.05, 0.1) is 5.69 Å². The predicted molar refractivity (Wildman–Crippen MR) is 140 cm³/mol. The third-order valence-electron chi connectivity index (χ3n) is 6.73. The van der Waals surface area contributed by atoms with Gasteiger partial charge in [0.1, 0.15) is 0 Å². The van der Waals surface area contributed by atoms with E-state index in [0.717, 1.165) is 6.42 Å². The number of benzene rings is 3. The molecular formula is C31H37N. The number of hydrogen-bond acceptors (Lipinski definition) is 1. The molecule has 0 saturated heterocycles. The molecule has 0 fully saturated rings. The minimum atomic E-state index is 0.424. The average molecular weight is 424 g/mol. The van der Waals surface area contributed by atoms with Crippen LogP contribution in [0.25, 0.3) is 21.5 Å². The van der Waals surface area contributed by atoms with Crippen LogP contribution >= 0.6 is 0 Å². The summed E-state index contributed by atoms with van der Waals surface area (Å²) in [7, 11) is 0. The predicted octanol–water partition coefficient (Wildman–Crippen LogP) is 9.10. The van der Waals surface area contributed by atoms with Crippen LogP contribution < -0.4 is 0 Å². The standard InChI is InChI=1S/C31H37N/c1-19(2)29-17-25(16-24-10-8-9-11-27(24)29)22(7)14-23-12-13-28-26(15-23)18-30(20(3)4)32-31(28)21(5)6/h8-13,15-22H,14H2,1-7H3. The number of rotatable bonds is 6. The Hall–Kier alpha value is -2.67. The average Bonchev–Trinajstić information content (AvgIpc) is 2.76. The number of pyridine rings is 1. The van der Waals surface area contributed by atoms with E-state index in [-0.39, 0.29) is 0 Å². The number of fused-ring (bicyclic) bond motifs is 2. The van der Waals surface area contributed by atoms with Crippen LogP contribution in [-0.4, -0.2) is 4.98 Å². The van der Waals surface area contributed by atoms with E-state index < -0.39 is 0 Å². The molecule has 0 N–H and O–H groups in total. The Kier molecular flexibility index (Phi) is 6.38. The van der Waals surface area contributed by atoms with Gasteiger partial charge in [0, 0.05) is 11.1 Å². The Morgan fingerprint density at radius 2 is 1.41 bits per heavy atom. The largest absolute Gasteiger partial charge is 0.257 e. The summed E-state index contributed by atoms with van der Waals surface area (Å²) in [6.07, 6.45) is 1.04. The van der Waals surface area contributed by atoms with Crippen molar-refractivity contribution in [2.75, 3.05) is 0 Å². The summed E-state index contributed by atoms with van der Waals surface area (Å²) in [5.74, 6) is 1.84. The van der Waals surface area contributed by atoms with Crippen molar-refractivity contribution in [3.05, 3.63) is 88.7 Å². The molecule has 0 bridgehead atoms. The van der Waals surface area contributed by atoms with E-state index >= 15 is 0 Å². The molecule has 1 atom stereocenters. The summed E-state index contributed by atoms with van der Waals surface area (Å²) < 4.78 is 0. The SMILES string of the molecule is CC(C)c1cc2cc(CC(C)c3cc(C(C)C)c4ccccc4c3)ccc2c(C(C)C)n1. The minimum absolute atomic E-state index is 0.424. The van der Waals surface area contributed by atoms with E-state index in [1.54, 1.807) is 0 Å². The van der Waals surface area contributed by atoms with Gasteiger partial charge in [0.25, 0.3) is 0 Å². The third kappa shape index (κ3) is 4.44. The molecular weight excluding hydrogens is 386 g/mol. The highest BCUT2D eigenvalue weighted by molar-refractivity contribution is 5.87. The van der Waals surface area contributed by atoms with E-state index in [9.17, 15) is 0 Å². The quantitative estimate of drug-likeness (QED) is 0.301. The lowest BCUT2D eigenvalue weighted by Crippen LogP contribution is -2.03. The van der Waals surface area contributed by atoms with Crippen LogP contribution in [0.5, 0.6) is 0 Å². The Balaban J connectivity index is 1.72. The highest BCUT2D eigenvalue weighted by Crippen LogP contribution is 2.33. The summed E-state index contributed by atoms with van der Waals surface area (Å²) in [5.41, 5.74) is 6.72. The monoisotopic (exact) mass is 423 g/mol. The van der Waals surface area contributed by atoms with Crippen LogP contribution in [0.2, 0.25) is 0 Å². The number of nitrogens with zero attached hydrogens (tertiary/aromatic N) is 1. The fourth-order valence-corrected chi connectivity index (χ4v) is 4.82. The second-order valence-electron chi connectivity index (χ2n) is 10.4. The van der Waals surface area contributed by atoms with Crippen LogP contribution in [0.3, 0.4) is 0 Å². The van der Waals surface area contributed by atoms with Crippen molar-refractivity contribution in [3.63, 3.8) is 0 Å². The Labute approximate surface area is 193 Å². The van der Waals surface area contributed by atoms with Crippen molar-refractivity contribution in [2.45, 2.75) is 78.6 Å². The minimum Gasteiger partial charge on any atom is -0.257 e. The molecule has 4 aromatic rings. The molecule has 0 aliphatic heterocycles. The van der Waals surface area contributed by atoms with Gasteiger partial charge >= 0.3 is 0 Å². The van der Waals surface area contributed by atoms with Gasteiger partial charge in [-0.2, -0.15) is 0 Å². The normalized spacial score (nSPS) is 13.1. The lowest BCUT2D eigenvalue weighted by Gasteiger charge is -2.19. The van der Waals surface area contributed by atoms with Gasteiger partial charge < -0.3 is 0 Å². The summed E-state index contributed by atoms with van der Waals surface area (Å²) in [5, 5.41) is 5.37. The third-order valence-corrected chi connectivity index (χ3v) is 6.73. The second-order valence-corrected chi connectivity index (χ2v) is 10.4. The molecule has 0 saturated carbocycles. The molecule has 0 radical (unpaired) electrons. The van der Waals surface area contributed by atoms with Crippen molar-refractivity contribution in [3.8, 4) is 0 Å². The van der Waals surface area contributed by atoms with Crippen molar-refractivity contribution in [1.82, 2.24) is 4.98 Å². The van der Waals surface area contributed by atoms with Crippen LogP contribution in [0.1, 0.15) is 100 Å². The Morgan fingerprint density at radius 3 is 2.09 bits per heavy atom. The molecule has 0 amide bonds. The first-order valence-corrected chi connectivity index (χ1v) is 12.2. The molecule has 0 aliphatic carbocycles. The fraction of sp³-hybridized carbons (Fsp3) is 0.387. The highest BCUT2D eigenvalue weighted by Gasteiger charge is 2.15. The van der Waals surface area contributed by atoms with Crippen LogP contribution in [-0.2, 0) is 6.42 Å². The molecule has 1 heterocycles. The maximum atomic E-state index is 4.99. The van der Waals surface area contributed by atoms with E-state index in [1.807, 2.05) is 0 Å². The highest BCUT2D eigenvalue weighted by atomic mass is 14.7. The van der Waals surface area contributed by atoms with Gasteiger partial charge in [-0.25, -0.2) is 0 Å². The van der Waals surface area contributed by atoms with Gasteiger partial charge in [-0.1, -0.05) is 103 Å². The lowest BCUT2D eigenvalue weighted by molar-refractivity contribution is 0.755. The molecule has 1 heteroatoms. The zero-order chi connectivity index (χ0) is 23.0. The van der Waals surface area contributed by atoms with Crippen molar-refractivity contribution >= 4 is 21.5 Å². The molecule has 0 aliphatic rings. The van der Waals surface area contributed by atoms with E-state index in [2.05, 4.69) is 109 Å². The topological polar surface area (TPSA) is 12.9 Å². The summed E-state index contributed by atoms with van der Waals surface area (Å²) >= 11 is 0. The molecule has 4 rings (SSSR count). The molecule has 1 nitrogen and oxygen atoms in total. The van der Waals surface area contributed by atoms with Crippen molar-refractivity contribution < 1.29 is 0 Å². The Bertz CT molecular complexity index is 1250. The number of aromatic nitrogens is 1. The zero-order valence-electron chi connectivity index (χ0n) is 20.7.